The number of halogens is 1. The van der Waals surface area contributed by atoms with Gasteiger partial charge in [0, 0.05) is 49.2 Å². The van der Waals surface area contributed by atoms with Crippen LogP contribution in [0.3, 0.4) is 0 Å². The van der Waals surface area contributed by atoms with Gasteiger partial charge in [0.2, 0.25) is 5.91 Å². The van der Waals surface area contributed by atoms with E-state index in [0.717, 1.165) is 10.9 Å². The van der Waals surface area contributed by atoms with Crippen LogP contribution in [-0.4, -0.2) is 73.5 Å². The van der Waals surface area contributed by atoms with Crippen molar-refractivity contribution in [1.82, 2.24) is 14.8 Å². The molecule has 0 saturated carbocycles. The smallest absolute Gasteiger partial charge is 0.270 e. The maximum absolute atomic E-state index is 12.9. The quantitative estimate of drug-likeness (QED) is 0.594. The number of anilines is 1. The molecule has 168 valence electrons. The first-order valence-corrected chi connectivity index (χ1v) is 10.7. The van der Waals surface area contributed by atoms with Crippen LogP contribution in [0.5, 0.6) is 11.5 Å². The third kappa shape index (κ3) is 4.66. The lowest BCUT2D eigenvalue weighted by atomic mass is 10.2. The van der Waals surface area contributed by atoms with Crippen LogP contribution in [-0.2, 0) is 4.79 Å². The molecule has 2 N–H and O–H groups in total. The number of rotatable bonds is 6. The lowest BCUT2D eigenvalue weighted by molar-refractivity contribution is -0.117. The number of nitrogens with zero attached hydrogens (tertiary/aromatic N) is 2. The van der Waals surface area contributed by atoms with Crippen molar-refractivity contribution >= 4 is 40.0 Å². The molecule has 2 aromatic carbocycles. The van der Waals surface area contributed by atoms with Crippen LogP contribution in [0.4, 0.5) is 5.69 Å². The van der Waals surface area contributed by atoms with Gasteiger partial charge in [-0.25, -0.2) is 0 Å². The molecule has 1 aliphatic heterocycles. The minimum atomic E-state index is -0.178. The molecular weight excluding hydrogens is 432 g/mol. The number of ether oxygens (including phenoxy) is 2. The van der Waals surface area contributed by atoms with Crippen LogP contribution in [0, 0.1) is 0 Å². The van der Waals surface area contributed by atoms with E-state index in [1.165, 1.54) is 14.2 Å². The van der Waals surface area contributed by atoms with Gasteiger partial charge in [0.15, 0.2) is 0 Å². The topological polar surface area (TPSA) is 86.9 Å². The molecule has 1 aliphatic rings. The SMILES string of the molecule is COc1cc(NC(=O)CN2CCN(C(=O)c3cc4ccccc4[nH]3)CC2)c(OC)cc1Cl. The molecule has 0 spiro atoms. The number of amides is 2. The van der Waals surface area contributed by atoms with E-state index in [2.05, 4.69) is 10.3 Å². The van der Waals surface area contributed by atoms with E-state index in [1.54, 1.807) is 12.1 Å². The van der Waals surface area contributed by atoms with Gasteiger partial charge in [-0.2, -0.15) is 0 Å². The molecule has 9 heteroatoms. The number of piperazine rings is 1. The summed E-state index contributed by atoms with van der Waals surface area (Å²) in [5.74, 6) is 0.705. The molecule has 0 radical (unpaired) electrons. The van der Waals surface area contributed by atoms with Gasteiger partial charge in [-0.05, 0) is 12.1 Å². The number of H-pyrrole nitrogens is 1. The molecule has 0 atom stereocenters. The fourth-order valence-electron chi connectivity index (χ4n) is 3.82. The van der Waals surface area contributed by atoms with Gasteiger partial charge in [0.25, 0.3) is 5.91 Å². The Balaban J connectivity index is 1.33. The molecule has 2 amide bonds. The highest BCUT2D eigenvalue weighted by Gasteiger charge is 2.24. The highest BCUT2D eigenvalue weighted by atomic mass is 35.5. The fourth-order valence-corrected chi connectivity index (χ4v) is 4.05. The first-order valence-electron chi connectivity index (χ1n) is 10.3. The number of para-hydroxylation sites is 1. The van der Waals surface area contributed by atoms with Gasteiger partial charge in [0.1, 0.15) is 17.2 Å². The molecule has 3 aromatic rings. The lowest BCUT2D eigenvalue weighted by Gasteiger charge is -2.34. The maximum atomic E-state index is 12.9. The zero-order chi connectivity index (χ0) is 22.7. The van der Waals surface area contributed by atoms with Crippen molar-refractivity contribution in [2.75, 3.05) is 52.3 Å². The molecule has 1 saturated heterocycles. The number of methoxy groups -OCH3 is 2. The Morgan fingerprint density at radius 3 is 2.44 bits per heavy atom. The van der Waals surface area contributed by atoms with Gasteiger partial charge in [-0.3, -0.25) is 14.5 Å². The molecule has 1 aromatic heterocycles. The first-order chi connectivity index (χ1) is 15.5. The Hall–Kier alpha value is -3.23. The minimum absolute atomic E-state index is 0.0247. The van der Waals surface area contributed by atoms with Crippen LogP contribution in [0.1, 0.15) is 10.5 Å². The fraction of sp³-hybridized carbons (Fsp3) is 0.304. The second-order valence-electron chi connectivity index (χ2n) is 7.57. The average molecular weight is 457 g/mol. The summed E-state index contributed by atoms with van der Waals surface area (Å²) in [5.41, 5.74) is 2.02. The zero-order valence-corrected chi connectivity index (χ0v) is 18.7. The molecule has 0 bridgehead atoms. The van der Waals surface area contributed by atoms with Gasteiger partial charge in [0.05, 0.1) is 31.5 Å². The number of aromatic nitrogens is 1. The molecule has 1 fully saturated rings. The zero-order valence-electron chi connectivity index (χ0n) is 18.0. The Morgan fingerprint density at radius 1 is 1.03 bits per heavy atom. The Kier molecular flexibility index (Phi) is 6.53. The molecule has 32 heavy (non-hydrogen) atoms. The summed E-state index contributed by atoms with van der Waals surface area (Å²) >= 11 is 6.12. The summed E-state index contributed by atoms with van der Waals surface area (Å²) in [5, 5.41) is 4.27. The number of nitrogens with one attached hydrogen (secondary N) is 2. The predicted octanol–water partition coefficient (Wildman–Crippen LogP) is 3.24. The third-order valence-electron chi connectivity index (χ3n) is 5.54. The van der Waals surface area contributed by atoms with Crippen molar-refractivity contribution in [2.45, 2.75) is 0 Å². The number of hydrogen-bond acceptors (Lipinski definition) is 5. The van der Waals surface area contributed by atoms with Gasteiger partial charge in [-0.1, -0.05) is 29.8 Å². The number of carbonyl (C=O) groups is 2. The Labute approximate surface area is 191 Å². The van der Waals surface area contributed by atoms with Crippen molar-refractivity contribution in [3.05, 3.63) is 53.2 Å². The van der Waals surface area contributed by atoms with Crippen LogP contribution in [0.2, 0.25) is 5.02 Å². The van der Waals surface area contributed by atoms with Crippen LogP contribution >= 0.6 is 11.6 Å². The molecule has 0 unspecified atom stereocenters. The van der Waals surface area contributed by atoms with Crippen LogP contribution in [0.25, 0.3) is 10.9 Å². The van der Waals surface area contributed by atoms with Crippen molar-refractivity contribution in [1.29, 1.82) is 0 Å². The Morgan fingerprint density at radius 2 is 1.75 bits per heavy atom. The third-order valence-corrected chi connectivity index (χ3v) is 5.83. The standard InChI is InChI=1S/C23H25ClN4O4/c1-31-20-13-18(21(32-2)12-16(20)24)26-22(29)14-27-7-9-28(10-8-27)23(30)19-11-15-5-3-4-6-17(15)25-19/h3-6,11-13,25H,7-10,14H2,1-2H3,(H,26,29). The Bertz CT molecular complexity index is 1110. The van der Waals surface area contributed by atoms with E-state index in [0.29, 0.717) is 54.1 Å². The number of benzene rings is 2. The highest BCUT2D eigenvalue weighted by molar-refractivity contribution is 6.32. The van der Waals surface area contributed by atoms with Crippen molar-refractivity contribution < 1.29 is 19.1 Å². The van der Waals surface area contributed by atoms with E-state index in [-0.39, 0.29) is 18.4 Å². The molecule has 2 heterocycles. The molecule has 4 rings (SSSR count). The van der Waals surface area contributed by atoms with Crippen molar-refractivity contribution in [2.24, 2.45) is 0 Å². The summed E-state index contributed by atoms with van der Waals surface area (Å²) in [4.78, 5) is 32.5. The summed E-state index contributed by atoms with van der Waals surface area (Å²) in [6.07, 6.45) is 0. The normalized spacial score (nSPS) is 14.4. The molecule has 0 aliphatic carbocycles. The van der Waals surface area contributed by atoms with E-state index in [4.69, 9.17) is 21.1 Å². The highest BCUT2D eigenvalue weighted by Crippen LogP contribution is 2.35. The van der Waals surface area contributed by atoms with E-state index in [9.17, 15) is 9.59 Å². The summed E-state index contributed by atoms with van der Waals surface area (Å²) in [7, 11) is 3.02. The largest absolute Gasteiger partial charge is 0.495 e. The monoisotopic (exact) mass is 456 g/mol. The van der Waals surface area contributed by atoms with E-state index in [1.807, 2.05) is 40.1 Å². The van der Waals surface area contributed by atoms with E-state index >= 15 is 0 Å². The average Bonchev–Trinajstić information content (AvgIpc) is 3.24. The summed E-state index contributed by atoms with van der Waals surface area (Å²) in [6.45, 7) is 2.54. The first kappa shape index (κ1) is 22.0. The van der Waals surface area contributed by atoms with Crippen LogP contribution in [0.15, 0.2) is 42.5 Å². The van der Waals surface area contributed by atoms with Crippen LogP contribution < -0.4 is 14.8 Å². The second kappa shape index (κ2) is 9.50. The lowest BCUT2D eigenvalue weighted by Crippen LogP contribution is -2.50. The van der Waals surface area contributed by atoms with Gasteiger partial charge >= 0.3 is 0 Å². The summed E-state index contributed by atoms with van der Waals surface area (Å²) < 4.78 is 10.5. The van der Waals surface area contributed by atoms with E-state index < -0.39 is 0 Å². The number of aromatic amines is 1. The van der Waals surface area contributed by atoms with Crippen molar-refractivity contribution in [3.63, 3.8) is 0 Å². The van der Waals surface area contributed by atoms with Gasteiger partial charge < -0.3 is 24.7 Å². The predicted molar refractivity (Wildman–Crippen MR) is 124 cm³/mol. The summed E-state index contributed by atoms with van der Waals surface area (Å²) in [6, 6.07) is 12.9. The molecule has 8 nitrogen and oxygen atoms in total. The number of fused-ring (bicyclic) bond motifs is 1. The number of carbonyl (C=O) groups excluding carboxylic acids is 2. The molecular formula is C23H25ClN4O4. The second-order valence-corrected chi connectivity index (χ2v) is 7.98. The minimum Gasteiger partial charge on any atom is -0.495 e. The maximum Gasteiger partial charge on any atom is 0.270 e. The number of hydrogen-bond donors (Lipinski definition) is 2. The van der Waals surface area contributed by atoms with Gasteiger partial charge in [-0.15, -0.1) is 0 Å². The van der Waals surface area contributed by atoms with Crippen molar-refractivity contribution in [3.8, 4) is 11.5 Å².